The highest BCUT2D eigenvalue weighted by atomic mass is 19.1. The quantitative estimate of drug-likeness (QED) is 0.458. The molecule has 35 heavy (non-hydrogen) atoms. The summed E-state index contributed by atoms with van der Waals surface area (Å²) in [5.74, 6) is -0.604. The van der Waals surface area contributed by atoms with Gasteiger partial charge in [0, 0.05) is 35.8 Å². The number of para-hydroxylation sites is 1. The van der Waals surface area contributed by atoms with E-state index in [4.69, 9.17) is 4.52 Å². The van der Waals surface area contributed by atoms with Crippen molar-refractivity contribution in [1.29, 1.82) is 0 Å². The molecule has 3 heterocycles. The standard InChI is InChI=1S/C25H22FN5O4/c26-17-9-7-15(8-10-17)23-29-25(35-30-23)16-4-3-11-31(14-16)21(32)13-28-24(34)19-12-27-20-6-2-1-5-18(20)22(19)33/h1-2,5-10,12,16H,3-4,11,13-14H2,(H,27,33)(H,28,34). The summed E-state index contributed by atoms with van der Waals surface area (Å²) >= 11 is 0. The smallest absolute Gasteiger partial charge is 0.257 e. The van der Waals surface area contributed by atoms with Gasteiger partial charge in [-0.1, -0.05) is 17.3 Å². The van der Waals surface area contributed by atoms with Crippen LogP contribution >= 0.6 is 0 Å². The van der Waals surface area contributed by atoms with Crippen LogP contribution in [0.3, 0.4) is 0 Å². The van der Waals surface area contributed by atoms with E-state index >= 15 is 0 Å². The maximum atomic E-state index is 13.2. The fourth-order valence-corrected chi connectivity index (χ4v) is 4.22. The molecule has 1 unspecified atom stereocenters. The predicted molar refractivity (Wildman–Crippen MR) is 125 cm³/mol. The van der Waals surface area contributed by atoms with Crippen LogP contribution in [0, 0.1) is 5.82 Å². The third kappa shape index (κ3) is 4.68. The molecule has 0 bridgehead atoms. The van der Waals surface area contributed by atoms with E-state index in [1.54, 1.807) is 41.3 Å². The van der Waals surface area contributed by atoms with Crippen LogP contribution in [0.5, 0.6) is 0 Å². The number of benzene rings is 2. The number of fused-ring (bicyclic) bond motifs is 1. The highest BCUT2D eigenvalue weighted by Gasteiger charge is 2.29. The van der Waals surface area contributed by atoms with E-state index in [-0.39, 0.29) is 29.8 Å². The normalized spacial score (nSPS) is 15.8. The van der Waals surface area contributed by atoms with Gasteiger partial charge in [-0.25, -0.2) is 4.39 Å². The van der Waals surface area contributed by atoms with Crippen LogP contribution in [-0.2, 0) is 4.79 Å². The fourth-order valence-electron chi connectivity index (χ4n) is 4.22. The number of carbonyl (C=O) groups is 2. The molecule has 10 heteroatoms. The van der Waals surface area contributed by atoms with Crippen molar-refractivity contribution in [3.05, 3.63) is 82.2 Å². The van der Waals surface area contributed by atoms with Crippen LogP contribution in [0.15, 0.2) is 64.0 Å². The van der Waals surface area contributed by atoms with Crippen molar-refractivity contribution in [2.45, 2.75) is 18.8 Å². The van der Waals surface area contributed by atoms with Gasteiger partial charge in [-0.3, -0.25) is 14.4 Å². The number of hydrogen-bond donors (Lipinski definition) is 2. The highest BCUT2D eigenvalue weighted by Crippen LogP contribution is 2.27. The first-order valence-electron chi connectivity index (χ1n) is 11.3. The third-order valence-electron chi connectivity index (χ3n) is 6.10. The monoisotopic (exact) mass is 475 g/mol. The third-order valence-corrected chi connectivity index (χ3v) is 6.10. The number of pyridine rings is 1. The molecule has 0 spiro atoms. The molecule has 1 saturated heterocycles. The Hall–Kier alpha value is -4.34. The Kier molecular flexibility index (Phi) is 6.09. The second-order valence-electron chi connectivity index (χ2n) is 8.40. The molecule has 4 aromatic rings. The maximum absolute atomic E-state index is 13.2. The molecule has 9 nitrogen and oxygen atoms in total. The summed E-state index contributed by atoms with van der Waals surface area (Å²) in [6, 6.07) is 12.7. The average molecular weight is 475 g/mol. The topological polar surface area (TPSA) is 121 Å². The Labute approximate surface area is 199 Å². The number of aromatic amines is 1. The minimum atomic E-state index is -0.611. The molecule has 2 aromatic carbocycles. The molecule has 178 valence electrons. The SMILES string of the molecule is O=C(NCC(=O)N1CCCC(c2nc(-c3ccc(F)cc3)no2)C1)c1c[nH]c2ccccc2c1=O. The summed E-state index contributed by atoms with van der Waals surface area (Å²) in [4.78, 5) is 47.0. The predicted octanol–water partition coefficient (Wildman–Crippen LogP) is 2.85. The van der Waals surface area contributed by atoms with Crippen LogP contribution in [0.4, 0.5) is 4.39 Å². The molecule has 2 amide bonds. The largest absolute Gasteiger partial charge is 0.360 e. The van der Waals surface area contributed by atoms with Crippen molar-refractivity contribution < 1.29 is 18.5 Å². The fraction of sp³-hybridized carbons (Fsp3) is 0.240. The molecule has 0 radical (unpaired) electrons. The molecule has 2 N–H and O–H groups in total. The molecule has 1 aliphatic rings. The first-order valence-corrected chi connectivity index (χ1v) is 11.3. The van der Waals surface area contributed by atoms with E-state index in [0.29, 0.717) is 41.3 Å². The first kappa shape index (κ1) is 22.5. The number of halogens is 1. The molecular formula is C25H22FN5O4. The van der Waals surface area contributed by atoms with E-state index in [1.807, 2.05) is 0 Å². The molecule has 1 atom stereocenters. The van der Waals surface area contributed by atoms with Gasteiger partial charge in [-0.05, 0) is 49.2 Å². The lowest BCUT2D eigenvalue weighted by atomic mass is 9.98. The average Bonchev–Trinajstić information content (AvgIpc) is 3.38. The lowest BCUT2D eigenvalue weighted by Gasteiger charge is -2.31. The Balaban J connectivity index is 1.21. The van der Waals surface area contributed by atoms with Gasteiger partial charge < -0.3 is 19.7 Å². The molecular weight excluding hydrogens is 453 g/mol. The number of rotatable bonds is 5. The number of amides is 2. The number of carbonyl (C=O) groups excluding carboxylic acids is 2. The Morgan fingerprint density at radius 2 is 1.97 bits per heavy atom. The van der Waals surface area contributed by atoms with Gasteiger partial charge in [0.05, 0.1) is 12.5 Å². The van der Waals surface area contributed by atoms with Crippen molar-refractivity contribution in [2.75, 3.05) is 19.6 Å². The van der Waals surface area contributed by atoms with Crippen molar-refractivity contribution in [1.82, 2.24) is 25.3 Å². The van der Waals surface area contributed by atoms with Crippen LogP contribution < -0.4 is 10.7 Å². The number of likely N-dealkylation sites (tertiary alicyclic amines) is 1. The minimum Gasteiger partial charge on any atom is -0.360 e. The van der Waals surface area contributed by atoms with Gasteiger partial charge >= 0.3 is 0 Å². The van der Waals surface area contributed by atoms with E-state index < -0.39 is 11.3 Å². The van der Waals surface area contributed by atoms with Crippen molar-refractivity contribution in [3.8, 4) is 11.4 Å². The Morgan fingerprint density at radius 1 is 1.17 bits per heavy atom. The maximum Gasteiger partial charge on any atom is 0.257 e. The van der Waals surface area contributed by atoms with E-state index in [1.165, 1.54) is 18.3 Å². The summed E-state index contributed by atoms with van der Waals surface area (Å²) in [6.07, 6.45) is 2.87. The molecule has 1 fully saturated rings. The van der Waals surface area contributed by atoms with E-state index in [2.05, 4.69) is 20.4 Å². The van der Waals surface area contributed by atoms with Crippen LogP contribution in [0.1, 0.15) is 35.0 Å². The second kappa shape index (κ2) is 9.49. The van der Waals surface area contributed by atoms with Crippen LogP contribution in [0.2, 0.25) is 0 Å². The Morgan fingerprint density at radius 3 is 2.80 bits per heavy atom. The number of aromatic nitrogens is 3. The van der Waals surface area contributed by atoms with Gasteiger partial charge in [0.15, 0.2) is 0 Å². The lowest BCUT2D eigenvalue weighted by Crippen LogP contribution is -2.45. The van der Waals surface area contributed by atoms with Crippen molar-refractivity contribution in [3.63, 3.8) is 0 Å². The second-order valence-corrected chi connectivity index (χ2v) is 8.40. The lowest BCUT2D eigenvalue weighted by molar-refractivity contribution is -0.131. The van der Waals surface area contributed by atoms with Gasteiger partial charge in [0.2, 0.25) is 23.1 Å². The number of piperidine rings is 1. The zero-order chi connectivity index (χ0) is 24.4. The minimum absolute atomic E-state index is 0.0489. The number of H-pyrrole nitrogens is 1. The van der Waals surface area contributed by atoms with Crippen molar-refractivity contribution >= 4 is 22.7 Å². The molecule has 0 aliphatic carbocycles. The van der Waals surface area contributed by atoms with Gasteiger partial charge in [0.1, 0.15) is 11.4 Å². The summed E-state index contributed by atoms with van der Waals surface area (Å²) in [5.41, 5.74) is 0.826. The molecule has 0 saturated carbocycles. The van der Waals surface area contributed by atoms with Gasteiger partial charge in [0.25, 0.3) is 5.91 Å². The van der Waals surface area contributed by atoms with Crippen molar-refractivity contribution in [2.24, 2.45) is 0 Å². The zero-order valence-corrected chi connectivity index (χ0v) is 18.7. The highest BCUT2D eigenvalue weighted by molar-refractivity contribution is 5.98. The molecule has 5 rings (SSSR count). The number of nitrogens with one attached hydrogen (secondary N) is 2. The molecule has 1 aliphatic heterocycles. The number of hydrogen-bond acceptors (Lipinski definition) is 6. The van der Waals surface area contributed by atoms with E-state index in [9.17, 15) is 18.8 Å². The molecule has 2 aromatic heterocycles. The zero-order valence-electron chi connectivity index (χ0n) is 18.7. The number of nitrogens with zero attached hydrogens (tertiary/aromatic N) is 3. The van der Waals surface area contributed by atoms with Gasteiger partial charge in [-0.15, -0.1) is 0 Å². The van der Waals surface area contributed by atoms with Crippen LogP contribution in [-0.4, -0.2) is 51.5 Å². The Bertz CT molecular complexity index is 1450. The van der Waals surface area contributed by atoms with E-state index in [0.717, 1.165) is 12.8 Å². The summed E-state index contributed by atoms with van der Waals surface area (Å²) in [7, 11) is 0. The summed E-state index contributed by atoms with van der Waals surface area (Å²) < 4.78 is 18.6. The summed E-state index contributed by atoms with van der Waals surface area (Å²) in [5, 5.41) is 6.94. The van der Waals surface area contributed by atoms with Crippen LogP contribution in [0.25, 0.3) is 22.3 Å². The first-order chi connectivity index (χ1) is 17.0. The summed E-state index contributed by atoms with van der Waals surface area (Å²) in [6.45, 7) is 0.680. The van der Waals surface area contributed by atoms with Gasteiger partial charge in [-0.2, -0.15) is 4.98 Å².